The minimum absolute atomic E-state index is 0.128. The summed E-state index contributed by atoms with van der Waals surface area (Å²) in [5, 5.41) is 31.7. The van der Waals surface area contributed by atoms with Crippen molar-refractivity contribution in [3.05, 3.63) is 12.2 Å². The van der Waals surface area contributed by atoms with Crippen LogP contribution in [0.25, 0.3) is 0 Å². The molecule has 7 atom stereocenters. The Morgan fingerprint density at radius 2 is 1.93 bits per heavy atom. The van der Waals surface area contributed by atoms with E-state index in [1.807, 2.05) is 13.8 Å². The van der Waals surface area contributed by atoms with E-state index in [9.17, 15) is 20.1 Å². The molecule has 0 aromatic carbocycles. The van der Waals surface area contributed by atoms with E-state index in [-0.39, 0.29) is 31.5 Å². The van der Waals surface area contributed by atoms with Gasteiger partial charge in [0.2, 0.25) is 0 Å². The summed E-state index contributed by atoms with van der Waals surface area (Å²) in [5.41, 5.74) is -2.21. The van der Waals surface area contributed by atoms with Gasteiger partial charge in [0.25, 0.3) is 0 Å². The van der Waals surface area contributed by atoms with Crippen LogP contribution in [0.4, 0.5) is 0 Å². The standard InChI is InChI=1S/C20H30O7/c1-12-6-14(23)16-17(2,10-21)7-13(22)8-18(16,3)20(12)5-4-19(26-27-20)9-15(24)25-11-19/h13-14,16,21-23H,1,4-11H2,2-3H3/t13-,14-,16-,17+,18-,19-,20-/m0/s1. The number of cyclic esters (lactones) is 1. The highest BCUT2D eigenvalue weighted by atomic mass is 17.2. The summed E-state index contributed by atoms with van der Waals surface area (Å²) in [6.07, 6.45) is 1.22. The zero-order chi connectivity index (χ0) is 19.7. The molecular formula is C20H30O7. The van der Waals surface area contributed by atoms with E-state index in [0.717, 1.165) is 5.57 Å². The van der Waals surface area contributed by atoms with Crippen LogP contribution in [0.5, 0.6) is 0 Å². The molecule has 4 fully saturated rings. The molecule has 2 saturated heterocycles. The number of carbonyl (C=O) groups excluding carboxylic acids is 1. The molecule has 2 saturated carbocycles. The predicted octanol–water partition coefficient (Wildman–Crippen LogP) is 1.25. The van der Waals surface area contributed by atoms with Crippen LogP contribution in [0.3, 0.4) is 0 Å². The summed E-state index contributed by atoms with van der Waals surface area (Å²) < 4.78 is 5.09. The topological polar surface area (TPSA) is 105 Å². The van der Waals surface area contributed by atoms with Crippen LogP contribution in [0.2, 0.25) is 0 Å². The number of carbonyl (C=O) groups is 1. The Morgan fingerprint density at radius 3 is 2.48 bits per heavy atom. The largest absolute Gasteiger partial charge is 0.462 e. The number of aliphatic hydroxyl groups is 3. The van der Waals surface area contributed by atoms with Gasteiger partial charge in [-0.1, -0.05) is 20.4 Å². The van der Waals surface area contributed by atoms with Crippen molar-refractivity contribution in [3.8, 4) is 0 Å². The molecule has 3 N–H and O–H groups in total. The average molecular weight is 382 g/mol. The molecule has 2 aliphatic heterocycles. The van der Waals surface area contributed by atoms with Gasteiger partial charge in [-0.25, -0.2) is 9.78 Å². The van der Waals surface area contributed by atoms with Gasteiger partial charge in [-0.15, -0.1) is 0 Å². The number of fused-ring (bicyclic) bond motifs is 2. The summed E-state index contributed by atoms with van der Waals surface area (Å²) in [6.45, 7) is 8.16. The monoisotopic (exact) mass is 382 g/mol. The molecule has 0 aromatic heterocycles. The first-order valence-electron chi connectivity index (χ1n) is 9.78. The molecule has 27 heavy (non-hydrogen) atoms. The third kappa shape index (κ3) is 2.55. The van der Waals surface area contributed by atoms with E-state index in [1.54, 1.807) is 0 Å². The molecule has 2 aliphatic carbocycles. The number of rotatable bonds is 1. The predicted molar refractivity (Wildman–Crippen MR) is 94.2 cm³/mol. The van der Waals surface area contributed by atoms with E-state index < -0.39 is 34.2 Å². The average Bonchev–Trinajstić information content (AvgIpc) is 2.94. The van der Waals surface area contributed by atoms with Crippen LogP contribution in [-0.4, -0.2) is 57.9 Å². The third-order valence-corrected chi connectivity index (χ3v) is 7.75. The maximum Gasteiger partial charge on any atom is 0.309 e. The molecule has 0 amide bonds. The number of aliphatic hydroxyl groups excluding tert-OH is 3. The van der Waals surface area contributed by atoms with Crippen LogP contribution in [0.15, 0.2) is 12.2 Å². The summed E-state index contributed by atoms with van der Waals surface area (Å²) in [7, 11) is 0. The van der Waals surface area contributed by atoms with Crippen molar-refractivity contribution in [2.75, 3.05) is 13.2 Å². The number of esters is 1. The Balaban J connectivity index is 1.72. The zero-order valence-electron chi connectivity index (χ0n) is 16.1. The van der Waals surface area contributed by atoms with Crippen LogP contribution < -0.4 is 0 Å². The fourth-order valence-corrected chi connectivity index (χ4v) is 6.58. The summed E-state index contributed by atoms with van der Waals surface area (Å²) in [6, 6.07) is 0. The molecule has 0 aromatic rings. The zero-order valence-corrected chi connectivity index (χ0v) is 16.1. The number of hydrogen-bond acceptors (Lipinski definition) is 7. The highest BCUT2D eigenvalue weighted by Crippen LogP contribution is 2.66. The van der Waals surface area contributed by atoms with Gasteiger partial charge in [0.05, 0.1) is 18.6 Å². The van der Waals surface area contributed by atoms with Crippen molar-refractivity contribution in [3.63, 3.8) is 0 Å². The van der Waals surface area contributed by atoms with Crippen LogP contribution in [-0.2, 0) is 19.3 Å². The van der Waals surface area contributed by atoms with E-state index in [2.05, 4.69) is 6.58 Å². The second-order valence-electron chi connectivity index (χ2n) is 9.66. The minimum Gasteiger partial charge on any atom is -0.462 e. The molecular weight excluding hydrogens is 352 g/mol. The minimum atomic E-state index is -0.883. The van der Waals surface area contributed by atoms with Gasteiger partial charge in [0, 0.05) is 17.9 Å². The quantitative estimate of drug-likeness (QED) is 0.356. The van der Waals surface area contributed by atoms with Gasteiger partial charge in [-0.2, -0.15) is 0 Å². The van der Waals surface area contributed by atoms with Crippen molar-refractivity contribution in [1.29, 1.82) is 0 Å². The Bertz CT molecular complexity index is 653. The lowest BCUT2D eigenvalue weighted by molar-refractivity contribution is -0.461. The summed E-state index contributed by atoms with van der Waals surface area (Å²) in [4.78, 5) is 23.5. The van der Waals surface area contributed by atoms with E-state index in [0.29, 0.717) is 32.1 Å². The van der Waals surface area contributed by atoms with Crippen molar-refractivity contribution in [1.82, 2.24) is 0 Å². The molecule has 2 heterocycles. The second kappa shape index (κ2) is 6.00. The van der Waals surface area contributed by atoms with Crippen molar-refractivity contribution in [2.24, 2.45) is 16.7 Å². The maximum absolute atomic E-state index is 11.6. The Labute approximate surface area is 159 Å². The van der Waals surface area contributed by atoms with Crippen LogP contribution >= 0.6 is 0 Å². The molecule has 2 spiro atoms. The normalized spacial score (nSPS) is 52.9. The lowest BCUT2D eigenvalue weighted by Crippen LogP contribution is -2.69. The SMILES string of the molecule is C=C1C[C@H](O)[C@H]2[C@@](C)(CO)C[C@H](O)C[C@]2(C)[C@]12CC[C@]1(COC(=O)C1)OO2. The van der Waals surface area contributed by atoms with Crippen LogP contribution in [0, 0.1) is 16.7 Å². The van der Waals surface area contributed by atoms with E-state index in [4.69, 9.17) is 14.5 Å². The van der Waals surface area contributed by atoms with Crippen LogP contribution in [0.1, 0.15) is 52.4 Å². The summed E-state index contributed by atoms with van der Waals surface area (Å²) in [5.74, 6) is -0.569. The summed E-state index contributed by atoms with van der Waals surface area (Å²) >= 11 is 0. The van der Waals surface area contributed by atoms with Crippen molar-refractivity contribution < 1.29 is 34.6 Å². The first-order chi connectivity index (χ1) is 12.6. The lowest BCUT2D eigenvalue weighted by Gasteiger charge is -2.65. The first-order valence-corrected chi connectivity index (χ1v) is 9.78. The van der Waals surface area contributed by atoms with Gasteiger partial charge < -0.3 is 20.1 Å². The molecule has 4 aliphatic rings. The highest BCUT2D eigenvalue weighted by Gasteiger charge is 2.69. The van der Waals surface area contributed by atoms with Gasteiger partial charge in [0.15, 0.2) is 0 Å². The molecule has 7 heteroatoms. The molecule has 0 bridgehead atoms. The van der Waals surface area contributed by atoms with Gasteiger partial charge in [-0.05, 0) is 43.1 Å². The number of hydrogen-bond donors (Lipinski definition) is 3. The Morgan fingerprint density at radius 1 is 1.19 bits per heavy atom. The van der Waals surface area contributed by atoms with Gasteiger partial charge in [0.1, 0.15) is 17.8 Å². The van der Waals surface area contributed by atoms with E-state index >= 15 is 0 Å². The van der Waals surface area contributed by atoms with Crippen molar-refractivity contribution in [2.45, 2.75) is 75.8 Å². The molecule has 0 unspecified atom stereocenters. The third-order valence-electron chi connectivity index (χ3n) is 7.75. The molecule has 152 valence electrons. The van der Waals surface area contributed by atoms with Crippen molar-refractivity contribution >= 4 is 5.97 Å². The maximum atomic E-state index is 11.6. The molecule has 4 rings (SSSR count). The second-order valence-corrected chi connectivity index (χ2v) is 9.66. The van der Waals surface area contributed by atoms with E-state index in [1.165, 1.54) is 0 Å². The van der Waals surface area contributed by atoms with Gasteiger partial charge >= 0.3 is 5.97 Å². The Hall–Kier alpha value is -0.990. The Kier molecular flexibility index (Phi) is 4.30. The number of ether oxygens (including phenoxy) is 1. The lowest BCUT2D eigenvalue weighted by atomic mass is 9.43. The first kappa shape index (κ1) is 19.3. The highest BCUT2D eigenvalue weighted by molar-refractivity contribution is 5.73. The molecule has 7 nitrogen and oxygen atoms in total. The fraction of sp³-hybridized carbons (Fsp3) is 0.850. The smallest absolute Gasteiger partial charge is 0.309 e. The fourth-order valence-electron chi connectivity index (χ4n) is 6.58. The van der Waals surface area contributed by atoms with Gasteiger partial charge in [-0.3, -0.25) is 4.79 Å². The molecule has 0 radical (unpaired) electrons.